The van der Waals surface area contributed by atoms with E-state index < -0.39 is 11.2 Å². The molecule has 0 unspecified atom stereocenters. The summed E-state index contributed by atoms with van der Waals surface area (Å²) in [4.78, 5) is 32.1. The van der Waals surface area contributed by atoms with Crippen molar-refractivity contribution in [1.29, 1.82) is 0 Å². The molecule has 0 bridgehead atoms. The normalized spacial score (nSPS) is 11.7. The zero-order valence-electron chi connectivity index (χ0n) is 12.2. The number of Topliss-reactive ketones (excluding diaryl/α,β-unsaturated/α-hetero) is 1. The van der Waals surface area contributed by atoms with E-state index in [-0.39, 0.29) is 11.7 Å². The van der Waals surface area contributed by atoms with Crippen LogP contribution in [-0.2, 0) is 9.59 Å². The fraction of sp³-hybridized carbons (Fsp3) is 0.200. The van der Waals surface area contributed by atoms with Crippen LogP contribution in [0.3, 0.4) is 0 Å². The molecule has 1 aromatic heterocycles. The van der Waals surface area contributed by atoms with Crippen LogP contribution in [0.5, 0.6) is 0 Å². The van der Waals surface area contributed by atoms with Crippen LogP contribution in [0, 0.1) is 6.92 Å². The van der Waals surface area contributed by atoms with Crippen molar-refractivity contribution >= 4 is 35.1 Å². The number of amides is 1. The summed E-state index contributed by atoms with van der Waals surface area (Å²) in [6.45, 7) is 3.15. The fourth-order valence-electron chi connectivity index (χ4n) is 1.79. The number of carbonyl (C=O) groups excluding carboxylic acids is 2. The van der Waals surface area contributed by atoms with Crippen LogP contribution in [0.25, 0.3) is 0 Å². The second-order valence-corrected chi connectivity index (χ2v) is 5.79. The monoisotopic (exact) mass is 316 g/mol. The Morgan fingerprint density at radius 2 is 1.91 bits per heavy atom. The molecule has 0 saturated heterocycles. The zero-order chi connectivity index (χ0) is 16.1. The Bertz CT molecular complexity index is 671. The number of ketones is 1. The summed E-state index contributed by atoms with van der Waals surface area (Å²) in [5.41, 5.74) is 6.91. The third-order valence-electron chi connectivity index (χ3n) is 2.74. The summed E-state index contributed by atoms with van der Waals surface area (Å²) in [7, 11) is 0. The van der Waals surface area contributed by atoms with Crippen LogP contribution in [0.4, 0.5) is 11.6 Å². The summed E-state index contributed by atoms with van der Waals surface area (Å²) >= 11 is 1.06. The minimum Gasteiger partial charge on any atom is -0.368 e. The number of hydrogen-bond donors (Lipinski definition) is 2. The molecular formula is C15H16N4O2S. The van der Waals surface area contributed by atoms with Crippen molar-refractivity contribution in [2.75, 3.05) is 11.1 Å². The first-order valence-corrected chi connectivity index (χ1v) is 7.48. The molecule has 0 aliphatic rings. The lowest BCUT2D eigenvalue weighted by atomic mass is 10.2. The lowest BCUT2D eigenvalue weighted by Gasteiger charge is -2.13. The second-order valence-electron chi connectivity index (χ2n) is 4.67. The molecule has 0 spiro atoms. The number of rotatable bonds is 5. The maximum Gasteiger partial charge on any atom is 0.245 e. The van der Waals surface area contributed by atoms with Gasteiger partial charge in [0.1, 0.15) is 10.3 Å². The quantitative estimate of drug-likeness (QED) is 0.498. The van der Waals surface area contributed by atoms with Crippen molar-refractivity contribution in [3.63, 3.8) is 0 Å². The fourth-order valence-corrected chi connectivity index (χ4v) is 2.75. The second kappa shape index (κ2) is 7.04. The number of para-hydroxylation sites is 1. The van der Waals surface area contributed by atoms with Crippen LogP contribution >= 0.6 is 11.8 Å². The Morgan fingerprint density at radius 3 is 2.50 bits per heavy atom. The average Bonchev–Trinajstić information content (AvgIpc) is 2.44. The number of anilines is 2. The number of nitrogens with one attached hydrogen (secondary N) is 1. The average molecular weight is 316 g/mol. The molecule has 1 amide bonds. The number of nitrogens with zero attached hydrogens (tertiary/aromatic N) is 2. The molecule has 114 valence electrons. The van der Waals surface area contributed by atoms with E-state index in [0.29, 0.717) is 16.4 Å². The van der Waals surface area contributed by atoms with E-state index in [0.717, 1.165) is 11.8 Å². The summed E-state index contributed by atoms with van der Waals surface area (Å²) in [5, 5.41) is 2.32. The lowest BCUT2D eigenvalue weighted by molar-refractivity contribution is -0.123. The van der Waals surface area contributed by atoms with Gasteiger partial charge in [0.25, 0.3) is 0 Å². The molecule has 1 aromatic carbocycles. The Morgan fingerprint density at radius 1 is 1.23 bits per heavy atom. The van der Waals surface area contributed by atoms with Crippen molar-refractivity contribution in [3.05, 3.63) is 42.1 Å². The van der Waals surface area contributed by atoms with Crippen LogP contribution in [0.2, 0.25) is 0 Å². The maximum atomic E-state index is 12.3. The van der Waals surface area contributed by atoms with Crippen molar-refractivity contribution in [3.8, 4) is 0 Å². The number of carbonyl (C=O) groups is 2. The van der Waals surface area contributed by atoms with Crippen LogP contribution in [0.15, 0.2) is 41.4 Å². The molecular weight excluding hydrogens is 300 g/mol. The topological polar surface area (TPSA) is 98.0 Å². The molecule has 0 saturated carbocycles. The predicted octanol–water partition coefficient (Wildman–Crippen LogP) is 2.06. The number of benzene rings is 1. The van der Waals surface area contributed by atoms with Gasteiger partial charge in [-0.3, -0.25) is 9.59 Å². The molecule has 2 aromatic rings. The van der Waals surface area contributed by atoms with Gasteiger partial charge < -0.3 is 11.1 Å². The smallest absolute Gasteiger partial charge is 0.245 e. The van der Waals surface area contributed by atoms with Gasteiger partial charge in [0.2, 0.25) is 11.9 Å². The number of hydrogen-bond acceptors (Lipinski definition) is 6. The van der Waals surface area contributed by atoms with Gasteiger partial charge in [0.15, 0.2) is 5.78 Å². The Hall–Kier alpha value is -2.41. The largest absolute Gasteiger partial charge is 0.368 e. The standard InChI is InChI=1S/C15H16N4O2S/c1-9-8-12(19-15(16)17-9)22-13(10(2)20)14(21)18-11-6-4-3-5-7-11/h3-8,13H,1-2H3,(H,18,21)(H2,16,17,19)/t13-/m1/s1. The van der Waals surface area contributed by atoms with Crippen molar-refractivity contribution in [1.82, 2.24) is 9.97 Å². The molecule has 0 aliphatic heterocycles. The van der Waals surface area contributed by atoms with Gasteiger partial charge in [-0.2, -0.15) is 0 Å². The zero-order valence-corrected chi connectivity index (χ0v) is 13.1. The highest BCUT2D eigenvalue weighted by atomic mass is 32.2. The Balaban J connectivity index is 2.16. The van der Waals surface area contributed by atoms with Gasteiger partial charge in [-0.05, 0) is 32.0 Å². The summed E-state index contributed by atoms with van der Waals surface area (Å²) in [6.07, 6.45) is 0. The van der Waals surface area contributed by atoms with Crippen molar-refractivity contribution in [2.45, 2.75) is 24.1 Å². The first kappa shape index (κ1) is 16.0. The van der Waals surface area contributed by atoms with Gasteiger partial charge in [0.05, 0.1) is 0 Å². The van der Waals surface area contributed by atoms with E-state index in [1.807, 2.05) is 6.07 Å². The molecule has 2 rings (SSSR count). The SMILES string of the molecule is CC(=O)[C@@H](Sc1cc(C)nc(N)n1)C(=O)Nc1ccccc1. The highest BCUT2D eigenvalue weighted by Crippen LogP contribution is 2.24. The molecule has 6 nitrogen and oxygen atoms in total. The molecule has 7 heteroatoms. The van der Waals surface area contributed by atoms with E-state index in [2.05, 4.69) is 15.3 Å². The predicted molar refractivity (Wildman–Crippen MR) is 86.6 cm³/mol. The summed E-state index contributed by atoms with van der Waals surface area (Å²) in [6, 6.07) is 10.7. The molecule has 3 N–H and O–H groups in total. The minimum absolute atomic E-state index is 0.119. The van der Waals surface area contributed by atoms with Gasteiger partial charge in [-0.15, -0.1) is 0 Å². The van der Waals surface area contributed by atoms with E-state index in [1.54, 1.807) is 37.3 Å². The van der Waals surface area contributed by atoms with Crippen LogP contribution in [0.1, 0.15) is 12.6 Å². The first-order chi connectivity index (χ1) is 10.5. The van der Waals surface area contributed by atoms with Crippen molar-refractivity contribution in [2.24, 2.45) is 0 Å². The minimum atomic E-state index is -0.895. The van der Waals surface area contributed by atoms with Gasteiger partial charge in [-0.25, -0.2) is 9.97 Å². The molecule has 1 atom stereocenters. The first-order valence-electron chi connectivity index (χ1n) is 6.60. The Kier molecular flexibility index (Phi) is 5.11. The number of nitrogens with two attached hydrogens (primary N) is 1. The van der Waals surface area contributed by atoms with Gasteiger partial charge >= 0.3 is 0 Å². The summed E-state index contributed by atoms with van der Waals surface area (Å²) < 4.78 is 0. The van der Waals surface area contributed by atoms with Gasteiger partial charge in [0, 0.05) is 11.4 Å². The number of aryl methyl sites for hydroxylation is 1. The van der Waals surface area contributed by atoms with E-state index in [9.17, 15) is 9.59 Å². The van der Waals surface area contributed by atoms with Gasteiger partial charge in [-0.1, -0.05) is 30.0 Å². The molecule has 22 heavy (non-hydrogen) atoms. The van der Waals surface area contributed by atoms with Crippen LogP contribution < -0.4 is 11.1 Å². The highest BCUT2D eigenvalue weighted by molar-refractivity contribution is 8.01. The highest BCUT2D eigenvalue weighted by Gasteiger charge is 2.25. The molecule has 0 aliphatic carbocycles. The number of thioether (sulfide) groups is 1. The van der Waals surface area contributed by atoms with Crippen LogP contribution in [-0.4, -0.2) is 26.9 Å². The number of aromatic nitrogens is 2. The maximum absolute atomic E-state index is 12.3. The van der Waals surface area contributed by atoms with E-state index in [4.69, 9.17) is 5.73 Å². The molecule has 0 radical (unpaired) electrons. The molecule has 0 fully saturated rings. The number of nitrogen functional groups attached to an aromatic ring is 1. The van der Waals surface area contributed by atoms with E-state index >= 15 is 0 Å². The van der Waals surface area contributed by atoms with Crippen molar-refractivity contribution < 1.29 is 9.59 Å². The van der Waals surface area contributed by atoms with E-state index in [1.165, 1.54) is 6.92 Å². The molecule has 1 heterocycles. The Labute approximate surface area is 132 Å². The third kappa shape index (κ3) is 4.29. The third-order valence-corrected chi connectivity index (χ3v) is 3.97. The summed E-state index contributed by atoms with van der Waals surface area (Å²) in [5.74, 6) is -0.528. The lowest BCUT2D eigenvalue weighted by Crippen LogP contribution is -2.31.